The number of anilines is 1. The SMILES string of the molecule is CC(C)[C@@H]1O[C@H](C(F)(F)F)CN2c3ccc(-c4nnc(C(F)(F)F)o4)cc3CC3(C(=O)NC(=O)NC3=O)[C@@H]12. The van der Waals surface area contributed by atoms with Crippen LogP contribution in [0.3, 0.4) is 0 Å². The number of morpholine rings is 1. The number of fused-ring (bicyclic) bond motifs is 4. The fourth-order valence-corrected chi connectivity index (χ4v) is 5.27. The third kappa shape index (κ3) is 3.97. The van der Waals surface area contributed by atoms with Gasteiger partial charge in [0.2, 0.25) is 17.7 Å². The smallest absolute Gasteiger partial charge is 0.413 e. The van der Waals surface area contributed by atoms with Crippen LogP contribution in [0.1, 0.15) is 25.3 Å². The normalized spacial score (nSPS) is 25.2. The second-order valence-electron chi connectivity index (χ2n) is 9.61. The number of benzene rings is 1. The number of carbonyl (C=O) groups is 3. The van der Waals surface area contributed by atoms with E-state index in [-0.39, 0.29) is 16.8 Å². The molecule has 3 aliphatic heterocycles. The van der Waals surface area contributed by atoms with Gasteiger partial charge in [0, 0.05) is 11.3 Å². The highest BCUT2D eigenvalue weighted by Gasteiger charge is 2.65. The summed E-state index contributed by atoms with van der Waals surface area (Å²) in [7, 11) is 0. The second-order valence-corrected chi connectivity index (χ2v) is 9.61. The molecule has 1 aromatic heterocycles. The number of hydrogen-bond acceptors (Lipinski definition) is 8. The van der Waals surface area contributed by atoms with Crippen LogP contribution in [0.2, 0.25) is 0 Å². The van der Waals surface area contributed by atoms with Crippen molar-refractivity contribution in [1.82, 2.24) is 20.8 Å². The van der Waals surface area contributed by atoms with Gasteiger partial charge in [-0.1, -0.05) is 13.8 Å². The highest BCUT2D eigenvalue weighted by molar-refractivity contribution is 6.20. The maximum atomic E-state index is 13.9. The summed E-state index contributed by atoms with van der Waals surface area (Å²) in [6, 6.07) is 1.57. The van der Waals surface area contributed by atoms with Crippen LogP contribution in [0, 0.1) is 11.3 Å². The topological polar surface area (TPSA) is 127 Å². The number of carbonyl (C=O) groups excluding carboxylic acids is 3. The number of urea groups is 1. The van der Waals surface area contributed by atoms with E-state index in [0.29, 0.717) is 0 Å². The van der Waals surface area contributed by atoms with Crippen molar-refractivity contribution in [3.05, 3.63) is 29.7 Å². The Labute approximate surface area is 209 Å². The summed E-state index contributed by atoms with van der Waals surface area (Å²) in [6.45, 7) is 2.37. The predicted molar refractivity (Wildman–Crippen MR) is 113 cm³/mol. The van der Waals surface area contributed by atoms with E-state index in [1.165, 1.54) is 23.1 Å². The quantitative estimate of drug-likeness (QED) is 0.434. The van der Waals surface area contributed by atoms with E-state index >= 15 is 0 Å². The molecule has 5 rings (SSSR count). The summed E-state index contributed by atoms with van der Waals surface area (Å²) in [5.41, 5.74) is -1.76. The molecule has 1 aromatic carbocycles. The van der Waals surface area contributed by atoms with Gasteiger partial charge in [-0.15, -0.1) is 10.2 Å². The third-order valence-electron chi connectivity index (χ3n) is 6.90. The summed E-state index contributed by atoms with van der Waals surface area (Å²) in [5.74, 6) is -4.79. The van der Waals surface area contributed by atoms with Crippen molar-refractivity contribution in [2.45, 2.75) is 50.9 Å². The molecule has 0 saturated carbocycles. The van der Waals surface area contributed by atoms with Crippen LogP contribution in [-0.4, -0.2) is 59.0 Å². The predicted octanol–water partition coefficient (Wildman–Crippen LogP) is 2.82. The van der Waals surface area contributed by atoms with Crippen molar-refractivity contribution >= 4 is 23.5 Å². The average Bonchev–Trinajstić information content (AvgIpc) is 3.31. The van der Waals surface area contributed by atoms with Gasteiger partial charge in [-0.3, -0.25) is 20.2 Å². The van der Waals surface area contributed by atoms with Crippen molar-refractivity contribution in [2.75, 3.05) is 11.4 Å². The number of hydrogen-bond donors (Lipinski definition) is 2. The van der Waals surface area contributed by atoms with Gasteiger partial charge in [0.25, 0.3) is 0 Å². The molecule has 2 aromatic rings. The van der Waals surface area contributed by atoms with Crippen molar-refractivity contribution in [1.29, 1.82) is 0 Å². The molecule has 2 N–H and O–H groups in total. The van der Waals surface area contributed by atoms with Gasteiger partial charge >= 0.3 is 24.3 Å². The van der Waals surface area contributed by atoms with E-state index in [1.54, 1.807) is 13.8 Å². The first kappa shape index (κ1) is 25.9. The van der Waals surface area contributed by atoms with Crippen LogP contribution >= 0.6 is 0 Å². The summed E-state index contributed by atoms with van der Waals surface area (Å²) in [6.07, 6.45) is -13.6. The van der Waals surface area contributed by atoms with Gasteiger partial charge in [0.05, 0.1) is 18.7 Å². The Balaban J connectivity index is 1.68. The van der Waals surface area contributed by atoms with Gasteiger partial charge in [-0.25, -0.2) is 4.79 Å². The van der Waals surface area contributed by atoms with E-state index in [9.17, 15) is 40.7 Å². The largest absolute Gasteiger partial charge is 0.470 e. The van der Waals surface area contributed by atoms with E-state index in [2.05, 4.69) is 10.2 Å². The molecule has 4 heterocycles. The van der Waals surface area contributed by atoms with Crippen LogP contribution in [0.5, 0.6) is 0 Å². The van der Waals surface area contributed by atoms with Gasteiger partial charge in [-0.2, -0.15) is 26.3 Å². The summed E-state index contributed by atoms with van der Waals surface area (Å²) in [5, 5.41) is 10.4. The standard InChI is InChI=1S/C22H19F6N5O5/c1-8(2)13-14-20(16(34)29-19(36)30-17(20)35)6-10-5-9(15-31-32-18(38-15)22(26,27)28)3-4-11(10)33(14)7-12(37-13)21(23,24)25/h3-5,8,12-14H,6-7H2,1-2H3,(H2,29,30,34,35,36)/t12-,13-,14+/m0/s1. The van der Waals surface area contributed by atoms with Crippen molar-refractivity contribution in [2.24, 2.45) is 11.3 Å². The minimum atomic E-state index is -4.91. The molecule has 38 heavy (non-hydrogen) atoms. The molecule has 10 nitrogen and oxygen atoms in total. The maximum Gasteiger partial charge on any atom is 0.470 e. The average molecular weight is 547 g/mol. The first-order chi connectivity index (χ1) is 17.6. The molecule has 0 radical (unpaired) electrons. The number of alkyl halides is 6. The molecule has 0 unspecified atom stereocenters. The number of amides is 4. The lowest BCUT2D eigenvalue weighted by Gasteiger charge is -2.57. The van der Waals surface area contributed by atoms with Crippen molar-refractivity contribution in [3.63, 3.8) is 0 Å². The first-order valence-electron chi connectivity index (χ1n) is 11.3. The van der Waals surface area contributed by atoms with Gasteiger partial charge in [0.1, 0.15) is 0 Å². The monoisotopic (exact) mass is 547 g/mol. The maximum absolute atomic E-state index is 13.9. The summed E-state index contributed by atoms with van der Waals surface area (Å²) in [4.78, 5) is 39.7. The number of aromatic nitrogens is 2. The van der Waals surface area contributed by atoms with Gasteiger partial charge in [0.15, 0.2) is 11.5 Å². The molecule has 2 saturated heterocycles. The van der Waals surface area contributed by atoms with Crippen LogP contribution in [0.25, 0.3) is 11.5 Å². The van der Waals surface area contributed by atoms with Crippen LogP contribution < -0.4 is 15.5 Å². The molecule has 0 aliphatic carbocycles. The number of nitrogens with one attached hydrogen (secondary N) is 2. The zero-order valence-electron chi connectivity index (χ0n) is 19.6. The number of imide groups is 2. The molecule has 4 amide bonds. The lowest BCUT2D eigenvalue weighted by Crippen LogP contribution is -2.76. The summed E-state index contributed by atoms with van der Waals surface area (Å²) >= 11 is 0. The van der Waals surface area contributed by atoms with E-state index in [1.807, 2.05) is 10.6 Å². The Morgan fingerprint density at radius 1 is 1.05 bits per heavy atom. The minimum Gasteiger partial charge on any atom is -0.413 e. The highest BCUT2D eigenvalue weighted by atomic mass is 19.4. The molecular weight excluding hydrogens is 528 g/mol. The lowest BCUT2D eigenvalue weighted by molar-refractivity contribution is -0.250. The van der Waals surface area contributed by atoms with Crippen LogP contribution in [0.4, 0.5) is 36.8 Å². The lowest BCUT2D eigenvalue weighted by atomic mass is 9.65. The Bertz CT molecular complexity index is 1300. The van der Waals surface area contributed by atoms with E-state index < -0.39 is 84.5 Å². The Morgan fingerprint density at radius 3 is 2.26 bits per heavy atom. The zero-order chi connectivity index (χ0) is 27.8. The molecular formula is C22H19F6N5O5. The highest BCUT2D eigenvalue weighted by Crippen LogP contribution is 2.50. The number of halogens is 6. The first-order valence-corrected chi connectivity index (χ1v) is 11.3. The molecule has 16 heteroatoms. The fourth-order valence-electron chi connectivity index (χ4n) is 5.27. The minimum absolute atomic E-state index is 0.0194. The van der Waals surface area contributed by atoms with E-state index in [0.717, 1.165) is 0 Å². The Morgan fingerprint density at radius 2 is 1.71 bits per heavy atom. The number of barbiturate groups is 1. The van der Waals surface area contributed by atoms with Gasteiger partial charge < -0.3 is 14.1 Å². The van der Waals surface area contributed by atoms with Crippen molar-refractivity contribution < 1.29 is 49.9 Å². The van der Waals surface area contributed by atoms with Crippen LogP contribution in [0.15, 0.2) is 22.6 Å². The molecule has 204 valence electrons. The molecule has 1 spiro atoms. The second kappa shape index (κ2) is 8.41. The Hall–Kier alpha value is -3.69. The number of rotatable bonds is 2. The summed E-state index contributed by atoms with van der Waals surface area (Å²) < 4.78 is 90.5. The fraction of sp³-hybridized carbons (Fsp3) is 0.500. The number of nitrogens with zero attached hydrogens (tertiary/aromatic N) is 3. The Kier molecular flexibility index (Phi) is 5.74. The number of ether oxygens (including phenoxy) is 1. The van der Waals surface area contributed by atoms with E-state index in [4.69, 9.17) is 9.15 Å². The third-order valence-corrected chi connectivity index (χ3v) is 6.90. The molecule has 0 bridgehead atoms. The molecule has 3 atom stereocenters. The zero-order valence-corrected chi connectivity index (χ0v) is 19.6. The van der Waals surface area contributed by atoms with Crippen LogP contribution in [-0.2, 0) is 26.9 Å². The van der Waals surface area contributed by atoms with Gasteiger partial charge in [-0.05, 0) is 36.1 Å². The molecule has 3 aliphatic rings. The van der Waals surface area contributed by atoms with Crippen molar-refractivity contribution in [3.8, 4) is 11.5 Å². The molecule has 2 fully saturated rings.